The maximum Gasteiger partial charge on any atom is 0.336 e. The van der Waals surface area contributed by atoms with Crippen LogP contribution in [-0.4, -0.2) is 50.3 Å². The molecule has 0 aliphatic carbocycles. The average Bonchev–Trinajstić information content (AvgIpc) is 3.19. The first kappa shape index (κ1) is 19.5. The monoisotopic (exact) mass is 391 g/mol. The van der Waals surface area contributed by atoms with Crippen LogP contribution in [0, 0.1) is 0 Å². The van der Waals surface area contributed by atoms with E-state index in [1.54, 1.807) is 35.5 Å². The summed E-state index contributed by atoms with van der Waals surface area (Å²) in [7, 11) is 2.63. The fraction of sp³-hybridized carbons (Fsp3) is 0.400. The summed E-state index contributed by atoms with van der Waals surface area (Å²) >= 11 is 6.37. The van der Waals surface area contributed by atoms with Crippen molar-refractivity contribution in [1.29, 1.82) is 0 Å². The second-order valence-corrected chi connectivity index (χ2v) is 6.85. The quantitative estimate of drug-likeness (QED) is 0.719. The van der Waals surface area contributed by atoms with Crippen molar-refractivity contribution in [3.8, 4) is 0 Å². The largest absolute Gasteiger partial charge is 0.466 e. The molecule has 0 spiro atoms. The predicted molar refractivity (Wildman–Crippen MR) is 100 cm³/mol. The lowest BCUT2D eigenvalue weighted by Gasteiger charge is -2.31. The molecule has 2 aliphatic heterocycles. The van der Waals surface area contributed by atoms with Crippen LogP contribution < -0.4 is 0 Å². The summed E-state index contributed by atoms with van der Waals surface area (Å²) in [6.07, 6.45) is 5.39. The lowest BCUT2D eigenvalue weighted by molar-refractivity contribution is -0.137. The Bertz CT molecular complexity index is 748. The van der Waals surface area contributed by atoms with Gasteiger partial charge in [0.05, 0.1) is 37.4 Å². The number of halogens is 1. The van der Waals surface area contributed by atoms with Crippen molar-refractivity contribution in [2.45, 2.75) is 24.9 Å². The van der Waals surface area contributed by atoms with Gasteiger partial charge in [0, 0.05) is 30.6 Å². The van der Waals surface area contributed by atoms with Gasteiger partial charge in [0.25, 0.3) is 0 Å². The number of hydrogen-bond acceptors (Lipinski definition) is 6. The van der Waals surface area contributed by atoms with E-state index in [2.05, 4.69) is 0 Å². The van der Waals surface area contributed by atoms with Crippen molar-refractivity contribution < 1.29 is 23.8 Å². The minimum Gasteiger partial charge on any atom is -0.466 e. The first-order valence-electron chi connectivity index (χ1n) is 8.77. The molecule has 0 saturated carbocycles. The summed E-state index contributed by atoms with van der Waals surface area (Å²) in [6.45, 7) is 1.26. The van der Waals surface area contributed by atoms with Crippen LogP contribution in [0.4, 0.5) is 0 Å². The van der Waals surface area contributed by atoms with E-state index in [4.69, 9.17) is 25.8 Å². The zero-order chi connectivity index (χ0) is 19.4. The summed E-state index contributed by atoms with van der Waals surface area (Å²) < 4.78 is 15.6. The van der Waals surface area contributed by atoms with Gasteiger partial charge in [-0.2, -0.15) is 0 Å². The third kappa shape index (κ3) is 4.17. The van der Waals surface area contributed by atoms with Gasteiger partial charge in [-0.3, -0.25) is 0 Å². The fourth-order valence-corrected chi connectivity index (χ4v) is 3.71. The number of carbonyl (C=O) groups is 2. The number of methoxy groups -OCH3 is 2. The lowest BCUT2D eigenvalue weighted by Crippen LogP contribution is -2.32. The molecule has 0 radical (unpaired) electrons. The molecule has 0 N–H and O–H groups in total. The van der Waals surface area contributed by atoms with E-state index in [1.165, 1.54) is 14.2 Å². The van der Waals surface area contributed by atoms with Gasteiger partial charge in [-0.15, -0.1) is 0 Å². The second kappa shape index (κ2) is 8.59. The molecule has 0 unspecified atom stereocenters. The van der Waals surface area contributed by atoms with Gasteiger partial charge in [-0.1, -0.05) is 29.8 Å². The molecule has 1 saturated heterocycles. The van der Waals surface area contributed by atoms with Crippen LogP contribution in [0.5, 0.6) is 0 Å². The van der Waals surface area contributed by atoms with Crippen LogP contribution in [0.1, 0.15) is 24.3 Å². The molecule has 0 bridgehead atoms. The Morgan fingerprint density at radius 3 is 2.30 bits per heavy atom. The highest BCUT2D eigenvalue weighted by molar-refractivity contribution is 6.31. The molecular weight excluding hydrogens is 370 g/mol. The Kier molecular flexibility index (Phi) is 6.19. The molecule has 2 aliphatic rings. The van der Waals surface area contributed by atoms with Crippen molar-refractivity contribution >= 4 is 23.5 Å². The predicted octanol–water partition coefficient (Wildman–Crippen LogP) is 3.03. The highest BCUT2D eigenvalue weighted by Crippen LogP contribution is 2.40. The minimum atomic E-state index is -0.667. The van der Waals surface area contributed by atoms with E-state index in [0.29, 0.717) is 28.3 Å². The zero-order valence-corrected chi connectivity index (χ0v) is 16.1. The molecule has 1 aromatic carbocycles. The van der Waals surface area contributed by atoms with Gasteiger partial charge in [0.1, 0.15) is 0 Å². The molecule has 1 fully saturated rings. The summed E-state index contributed by atoms with van der Waals surface area (Å²) in [5.41, 5.74) is 1.29. The molecule has 1 aromatic rings. The molecule has 6 nitrogen and oxygen atoms in total. The Hall–Kier alpha value is -2.31. The van der Waals surface area contributed by atoms with Crippen LogP contribution in [0.3, 0.4) is 0 Å². The third-order valence-corrected chi connectivity index (χ3v) is 5.07. The van der Waals surface area contributed by atoms with E-state index in [0.717, 1.165) is 19.4 Å². The van der Waals surface area contributed by atoms with Crippen molar-refractivity contribution in [2.24, 2.45) is 0 Å². The molecule has 144 valence electrons. The number of carbonyl (C=O) groups excluding carboxylic acids is 2. The maximum absolute atomic E-state index is 12.5. The molecule has 0 amide bonds. The molecule has 3 rings (SSSR count). The Morgan fingerprint density at radius 1 is 1.15 bits per heavy atom. The van der Waals surface area contributed by atoms with Gasteiger partial charge in [-0.05, 0) is 24.5 Å². The average molecular weight is 392 g/mol. The number of nitrogens with zero attached hydrogens (tertiary/aromatic N) is 1. The number of rotatable bonds is 5. The number of ether oxygens (including phenoxy) is 3. The van der Waals surface area contributed by atoms with Crippen LogP contribution >= 0.6 is 11.6 Å². The normalized spacial score (nSPS) is 20.1. The first-order valence-corrected chi connectivity index (χ1v) is 9.14. The summed E-state index contributed by atoms with van der Waals surface area (Å²) in [4.78, 5) is 26.9. The zero-order valence-electron chi connectivity index (χ0n) is 15.3. The molecule has 1 atom stereocenters. The van der Waals surface area contributed by atoms with Crippen molar-refractivity contribution in [3.05, 3.63) is 58.4 Å². The minimum absolute atomic E-state index is 0.0483. The SMILES string of the molecule is COC(=O)C1=CN(C[C@H]2CCCO2)C=C(C(=O)OC)C1c1ccccc1Cl. The van der Waals surface area contributed by atoms with Gasteiger partial charge < -0.3 is 19.1 Å². The van der Waals surface area contributed by atoms with Crippen molar-refractivity contribution in [1.82, 2.24) is 4.90 Å². The van der Waals surface area contributed by atoms with E-state index >= 15 is 0 Å². The summed E-state index contributed by atoms with van der Waals surface area (Å²) in [5.74, 6) is -1.71. The second-order valence-electron chi connectivity index (χ2n) is 6.44. The molecule has 2 heterocycles. The Labute approximate surface area is 163 Å². The number of benzene rings is 1. The van der Waals surface area contributed by atoms with Crippen molar-refractivity contribution in [2.75, 3.05) is 27.4 Å². The standard InChI is InChI=1S/C20H22ClNO5/c1-25-19(23)15-11-22(10-13-6-5-9-27-13)12-16(20(24)26-2)18(15)14-7-3-4-8-17(14)21/h3-4,7-8,11-13,18H,5-6,9-10H2,1-2H3/t13-/m1/s1. The van der Waals surface area contributed by atoms with Gasteiger partial charge in [-0.25, -0.2) is 9.59 Å². The molecule has 0 aromatic heterocycles. The number of hydrogen-bond donors (Lipinski definition) is 0. The Morgan fingerprint density at radius 2 is 1.78 bits per heavy atom. The Balaban J connectivity index is 2.05. The molecular formula is C20H22ClNO5. The lowest BCUT2D eigenvalue weighted by atomic mass is 9.83. The van der Waals surface area contributed by atoms with Crippen LogP contribution in [0.25, 0.3) is 0 Å². The smallest absolute Gasteiger partial charge is 0.336 e. The molecule has 27 heavy (non-hydrogen) atoms. The van der Waals surface area contributed by atoms with E-state index < -0.39 is 17.9 Å². The summed E-state index contributed by atoms with van der Waals surface area (Å²) in [6, 6.07) is 7.11. The van der Waals surface area contributed by atoms with Gasteiger partial charge >= 0.3 is 11.9 Å². The topological polar surface area (TPSA) is 65.1 Å². The fourth-order valence-electron chi connectivity index (χ4n) is 3.46. The first-order chi connectivity index (χ1) is 13.0. The van der Waals surface area contributed by atoms with Gasteiger partial charge in [0.15, 0.2) is 0 Å². The van der Waals surface area contributed by atoms with Crippen LogP contribution in [-0.2, 0) is 23.8 Å². The van der Waals surface area contributed by atoms with Gasteiger partial charge in [0.2, 0.25) is 0 Å². The van der Waals surface area contributed by atoms with Crippen LogP contribution in [0.2, 0.25) is 5.02 Å². The van der Waals surface area contributed by atoms with E-state index in [1.807, 2.05) is 6.07 Å². The van der Waals surface area contributed by atoms with E-state index in [9.17, 15) is 9.59 Å². The maximum atomic E-state index is 12.5. The summed E-state index contributed by atoms with van der Waals surface area (Å²) in [5, 5.41) is 0.458. The highest BCUT2D eigenvalue weighted by Gasteiger charge is 2.36. The van der Waals surface area contributed by atoms with Crippen LogP contribution in [0.15, 0.2) is 47.8 Å². The third-order valence-electron chi connectivity index (χ3n) is 4.73. The highest BCUT2D eigenvalue weighted by atomic mass is 35.5. The van der Waals surface area contributed by atoms with Crippen molar-refractivity contribution in [3.63, 3.8) is 0 Å². The number of esters is 2. The molecule has 7 heteroatoms. The van der Waals surface area contributed by atoms with E-state index in [-0.39, 0.29) is 6.10 Å².